The maximum Gasteiger partial charge on any atom is 0.129 e. The Morgan fingerprint density at radius 1 is 1.16 bits per heavy atom. The number of hydrogen-bond acceptors (Lipinski definition) is 0. The van der Waals surface area contributed by atoms with Crippen molar-refractivity contribution in [2.45, 2.75) is 71.6 Å². The Morgan fingerprint density at radius 2 is 2.00 bits per heavy atom. The van der Waals surface area contributed by atoms with Gasteiger partial charge in [-0.1, -0.05) is 58.1 Å². The third-order valence-corrected chi connectivity index (χ3v) is 4.47. The zero-order chi connectivity index (χ0) is 13.7. The molecule has 0 bridgehead atoms. The van der Waals surface area contributed by atoms with Gasteiger partial charge in [0, 0.05) is 0 Å². The lowest BCUT2D eigenvalue weighted by atomic mass is 9.80. The van der Waals surface area contributed by atoms with Crippen molar-refractivity contribution in [3.8, 4) is 0 Å². The molecular formula is C18H27F. The average Bonchev–Trinajstić information content (AvgIpc) is 2.42. The van der Waals surface area contributed by atoms with Gasteiger partial charge in [0.1, 0.15) is 5.82 Å². The van der Waals surface area contributed by atoms with Gasteiger partial charge in [0.05, 0.1) is 0 Å². The fourth-order valence-electron chi connectivity index (χ4n) is 3.32. The normalized spacial score (nSPS) is 18.4. The minimum absolute atomic E-state index is 0.103. The maximum absolute atomic E-state index is 14.4. The Morgan fingerprint density at radius 3 is 2.74 bits per heavy atom. The Balaban J connectivity index is 2.03. The molecule has 1 atom stereocenters. The van der Waals surface area contributed by atoms with Crippen LogP contribution in [0.4, 0.5) is 4.39 Å². The molecule has 0 N–H and O–H groups in total. The fourth-order valence-corrected chi connectivity index (χ4v) is 3.32. The number of halogens is 1. The summed E-state index contributed by atoms with van der Waals surface area (Å²) in [5, 5.41) is 0. The molecule has 0 saturated carbocycles. The molecule has 0 nitrogen and oxygen atoms in total. The highest BCUT2D eigenvalue weighted by Crippen LogP contribution is 2.32. The van der Waals surface area contributed by atoms with Gasteiger partial charge in [-0.05, 0) is 48.3 Å². The van der Waals surface area contributed by atoms with E-state index in [1.54, 1.807) is 0 Å². The van der Waals surface area contributed by atoms with Crippen molar-refractivity contribution in [1.29, 1.82) is 0 Å². The summed E-state index contributed by atoms with van der Waals surface area (Å²) in [6.07, 6.45) is 10.4. The first-order chi connectivity index (χ1) is 9.26. The molecule has 0 radical (unpaired) electrons. The highest BCUT2D eigenvalue weighted by atomic mass is 19.1. The lowest BCUT2D eigenvalue weighted by molar-refractivity contribution is 0.400. The van der Waals surface area contributed by atoms with Crippen molar-refractivity contribution in [3.63, 3.8) is 0 Å². The number of rotatable bonds is 6. The van der Waals surface area contributed by atoms with E-state index in [1.807, 2.05) is 6.07 Å². The molecule has 0 heterocycles. The van der Waals surface area contributed by atoms with E-state index in [9.17, 15) is 4.39 Å². The van der Waals surface area contributed by atoms with Gasteiger partial charge >= 0.3 is 0 Å². The molecule has 1 unspecified atom stereocenters. The second kappa shape index (κ2) is 7.07. The topological polar surface area (TPSA) is 0 Å². The molecule has 1 aromatic rings. The molecule has 0 aliphatic heterocycles. The summed E-state index contributed by atoms with van der Waals surface area (Å²) >= 11 is 0. The molecule has 1 aliphatic rings. The van der Waals surface area contributed by atoms with E-state index in [-0.39, 0.29) is 5.82 Å². The third-order valence-electron chi connectivity index (χ3n) is 4.47. The second-order valence-electron chi connectivity index (χ2n) is 6.03. The van der Waals surface area contributed by atoms with Crippen LogP contribution in [0.1, 0.15) is 69.1 Å². The van der Waals surface area contributed by atoms with E-state index in [4.69, 9.17) is 0 Å². The number of unbranched alkanes of at least 4 members (excludes halogenated alkanes) is 2. The summed E-state index contributed by atoms with van der Waals surface area (Å²) < 4.78 is 14.4. The summed E-state index contributed by atoms with van der Waals surface area (Å²) in [6.45, 7) is 4.36. The van der Waals surface area contributed by atoms with Crippen LogP contribution in [0, 0.1) is 11.7 Å². The summed E-state index contributed by atoms with van der Waals surface area (Å²) in [5.74, 6) is 0.891. The van der Waals surface area contributed by atoms with E-state index in [2.05, 4.69) is 19.9 Å². The minimum atomic E-state index is 0.103. The van der Waals surface area contributed by atoms with Gasteiger partial charge in [0.25, 0.3) is 0 Å². The van der Waals surface area contributed by atoms with Crippen molar-refractivity contribution in [2.24, 2.45) is 5.92 Å². The smallest absolute Gasteiger partial charge is 0.129 e. The van der Waals surface area contributed by atoms with E-state index < -0.39 is 0 Å². The standard InChI is InChI=1S/C18H27F/c1-3-5-6-8-14-9-12-17-16(13-14)11-10-15(7-4-2)18(17)19/h10-11,14H,3-9,12-13H2,1-2H3. The van der Waals surface area contributed by atoms with E-state index in [0.717, 1.165) is 42.7 Å². The van der Waals surface area contributed by atoms with Gasteiger partial charge < -0.3 is 0 Å². The molecule has 1 heteroatoms. The van der Waals surface area contributed by atoms with Gasteiger partial charge in [-0.3, -0.25) is 0 Å². The Bertz CT molecular complexity index is 408. The fraction of sp³-hybridized carbons (Fsp3) is 0.667. The van der Waals surface area contributed by atoms with Crippen LogP contribution in [0.3, 0.4) is 0 Å². The number of fused-ring (bicyclic) bond motifs is 1. The van der Waals surface area contributed by atoms with Crippen LogP contribution in [0.5, 0.6) is 0 Å². The van der Waals surface area contributed by atoms with Crippen molar-refractivity contribution < 1.29 is 4.39 Å². The quantitative estimate of drug-likeness (QED) is 0.597. The average molecular weight is 262 g/mol. The molecular weight excluding hydrogens is 235 g/mol. The molecule has 2 rings (SSSR count). The van der Waals surface area contributed by atoms with Crippen LogP contribution >= 0.6 is 0 Å². The van der Waals surface area contributed by atoms with Gasteiger partial charge in [0.15, 0.2) is 0 Å². The van der Waals surface area contributed by atoms with Crippen LogP contribution in [0.2, 0.25) is 0 Å². The molecule has 0 fully saturated rings. The second-order valence-corrected chi connectivity index (χ2v) is 6.03. The van der Waals surface area contributed by atoms with E-state index >= 15 is 0 Å². The monoisotopic (exact) mass is 262 g/mol. The van der Waals surface area contributed by atoms with Gasteiger partial charge in [0.2, 0.25) is 0 Å². The predicted octanol–water partition coefficient (Wildman–Crippen LogP) is 5.46. The first-order valence-corrected chi connectivity index (χ1v) is 8.05. The summed E-state index contributed by atoms with van der Waals surface area (Å²) in [6, 6.07) is 4.21. The summed E-state index contributed by atoms with van der Waals surface area (Å²) in [4.78, 5) is 0. The highest BCUT2D eigenvalue weighted by molar-refractivity contribution is 5.36. The third kappa shape index (κ3) is 3.58. The predicted molar refractivity (Wildman–Crippen MR) is 80.1 cm³/mol. The van der Waals surface area contributed by atoms with Crippen LogP contribution in [-0.2, 0) is 19.3 Å². The van der Waals surface area contributed by atoms with Crippen LogP contribution < -0.4 is 0 Å². The zero-order valence-corrected chi connectivity index (χ0v) is 12.5. The SMILES string of the molecule is CCCCCC1CCc2c(ccc(CCC)c2F)C1. The molecule has 0 saturated heterocycles. The molecule has 0 spiro atoms. The number of benzene rings is 1. The van der Waals surface area contributed by atoms with Gasteiger partial charge in [-0.25, -0.2) is 4.39 Å². The van der Waals surface area contributed by atoms with E-state index in [1.165, 1.54) is 37.7 Å². The first-order valence-electron chi connectivity index (χ1n) is 8.05. The Labute approximate surface area is 117 Å². The molecule has 1 aromatic carbocycles. The lowest BCUT2D eigenvalue weighted by Gasteiger charge is -2.25. The highest BCUT2D eigenvalue weighted by Gasteiger charge is 2.22. The van der Waals surface area contributed by atoms with E-state index in [0.29, 0.717) is 0 Å². The molecule has 1 aliphatic carbocycles. The maximum atomic E-state index is 14.4. The zero-order valence-electron chi connectivity index (χ0n) is 12.5. The van der Waals surface area contributed by atoms with Gasteiger partial charge in [-0.15, -0.1) is 0 Å². The lowest BCUT2D eigenvalue weighted by Crippen LogP contribution is -2.16. The van der Waals surface area contributed by atoms with Crippen LogP contribution in [0.15, 0.2) is 12.1 Å². The number of hydrogen-bond donors (Lipinski definition) is 0. The van der Waals surface area contributed by atoms with Crippen LogP contribution in [0.25, 0.3) is 0 Å². The molecule has 106 valence electrons. The van der Waals surface area contributed by atoms with Crippen molar-refractivity contribution >= 4 is 0 Å². The van der Waals surface area contributed by atoms with Gasteiger partial charge in [-0.2, -0.15) is 0 Å². The van der Waals surface area contributed by atoms with Crippen molar-refractivity contribution in [3.05, 3.63) is 34.6 Å². The largest absolute Gasteiger partial charge is 0.206 e. The summed E-state index contributed by atoms with van der Waals surface area (Å²) in [5.41, 5.74) is 3.23. The van der Waals surface area contributed by atoms with Crippen molar-refractivity contribution in [1.82, 2.24) is 0 Å². The molecule has 19 heavy (non-hydrogen) atoms. The summed E-state index contributed by atoms with van der Waals surface area (Å²) in [7, 11) is 0. The van der Waals surface area contributed by atoms with Crippen LogP contribution in [-0.4, -0.2) is 0 Å². The molecule has 0 amide bonds. The number of aryl methyl sites for hydroxylation is 1. The minimum Gasteiger partial charge on any atom is -0.206 e. The Kier molecular flexibility index (Phi) is 5.42. The Hall–Kier alpha value is -0.850. The van der Waals surface area contributed by atoms with Crippen molar-refractivity contribution in [2.75, 3.05) is 0 Å². The molecule has 0 aromatic heterocycles. The first kappa shape index (κ1) is 14.6.